The summed E-state index contributed by atoms with van der Waals surface area (Å²) in [5.41, 5.74) is 3.80. The van der Waals surface area contributed by atoms with Crippen LogP contribution >= 0.6 is 0 Å². The molecule has 6 nitrogen and oxygen atoms in total. The first-order valence-corrected chi connectivity index (χ1v) is 9.66. The minimum Gasteiger partial charge on any atom is -0.497 e. The Labute approximate surface area is 158 Å². The van der Waals surface area contributed by atoms with Crippen LogP contribution in [0.5, 0.6) is 5.75 Å². The third kappa shape index (κ3) is 3.62. The Morgan fingerprint density at radius 2 is 2.15 bits per heavy atom. The van der Waals surface area contributed by atoms with Gasteiger partial charge in [0.15, 0.2) is 5.65 Å². The average molecular weight is 366 g/mol. The van der Waals surface area contributed by atoms with Gasteiger partial charge in [0.25, 0.3) is 5.56 Å². The number of aromatic nitrogens is 3. The lowest BCUT2D eigenvalue weighted by atomic mass is 9.98. The molecule has 6 heteroatoms. The van der Waals surface area contributed by atoms with Crippen molar-refractivity contribution in [1.29, 1.82) is 0 Å². The second-order valence-electron chi connectivity index (χ2n) is 7.18. The van der Waals surface area contributed by atoms with Gasteiger partial charge in [-0.3, -0.25) is 14.8 Å². The standard InChI is InChI=1S/C21H26N4O2/c1-3-16-12-21(26)25-20(22-16)13-18(23-25)19-9-4-5-10-24(19)14-15-7-6-8-17(11-15)27-2/h6-8,11-13,19,23H,3-5,9-10,14H2,1-2H3/t19-/m0/s1. The van der Waals surface area contributed by atoms with E-state index < -0.39 is 0 Å². The summed E-state index contributed by atoms with van der Waals surface area (Å²) in [7, 11) is 1.70. The highest BCUT2D eigenvalue weighted by molar-refractivity contribution is 5.41. The predicted molar refractivity (Wildman–Crippen MR) is 105 cm³/mol. The summed E-state index contributed by atoms with van der Waals surface area (Å²) >= 11 is 0. The number of rotatable bonds is 5. The van der Waals surface area contributed by atoms with Gasteiger partial charge in [0, 0.05) is 24.4 Å². The largest absolute Gasteiger partial charge is 0.497 e. The van der Waals surface area contributed by atoms with Crippen LogP contribution < -0.4 is 10.3 Å². The second-order valence-corrected chi connectivity index (χ2v) is 7.18. The van der Waals surface area contributed by atoms with Crippen LogP contribution in [0.15, 0.2) is 41.2 Å². The molecule has 1 aliphatic heterocycles. The highest BCUT2D eigenvalue weighted by Gasteiger charge is 2.26. The molecule has 0 aliphatic carbocycles. The van der Waals surface area contributed by atoms with Gasteiger partial charge in [-0.25, -0.2) is 9.50 Å². The zero-order valence-electron chi connectivity index (χ0n) is 15.9. The van der Waals surface area contributed by atoms with Crippen LogP contribution in [0.4, 0.5) is 0 Å². The van der Waals surface area contributed by atoms with E-state index in [0.29, 0.717) is 5.65 Å². The molecule has 0 bridgehead atoms. The Hall–Kier alpha value is -2.60. The first-order valence-electron chi connectivity index (χ1n) is 9.66. The van der Waals surface area contributed by atoms with E-state index in [2.05, 4.69) is 27.1 Å². The fraction of sp³-hybridized carbons (Fsp3) is 0.429. The number of aromatic amines is 1. The van der Waals surface area contributed by atoms with Crippen LogP contribution in [0, 0.1) is 0 Å². The zero-order chi connectivity index (χ0) is 18.8. The van der Waals surface area contributed by atoms with E-state index in [1.807, 2.05) is 25.1 Å². The average Bonchev–Trinajstić information content (AvgIpc) is 3.13. The Morgan fingerprint density at radius 3 is 2.96 bits per heavy atom. The molecule has 1 N–H and O–H groups in total. The smallest absolute Gasteiger partial charge is 0.272 e. The number of benzene rings is 1. The van der Waals surface area contributed by atoms with Crippen molar-refractivity contribution in [2.24, 2.45) is 0 Å². The van der Waals surface area contributed by atoms with Gasteiger partial charge in [-0.05, 0) is 43.5 Å². The van der Waals surface area contributed by atoms with Crippen LogP contribution in [-0.2, 0) is 13.0 Å². The number of ether oxygens (including phenoxy) is 1. The topological polar surface area (TPSA) is 62.6 Å². The molecule has 1 atom stereocenters. The summed E-state index contributed by atoms with van der Waals surface area (Å²) < 4.78 is 6.92. The zero-order valence-corrected chi connectivity index (χ0v) is 15.9. The van der Waals surface area contributed by atoms with Crippen LogP contribution in [-0.4, -0.2) is 33.2 Å². The van der Waals surface area contributed by atoms with Gasteiger partial charge >= 0.3 is 0 Å². The van der Waals surface area contributed by atoms with E-state index in [4.69, 9.17) is 4.74 Å². The summed E-state index contributed by atoms with van der Waals surface area (Å²) in [6.07, 6.45) is 4.22. The number of hydrogen-bond donors (Lipinski definition) is 1. The van der Waals surface area contributed by atoms with E-state index in [1.165, 1.54) is 18.4 Å². The number of methoxy groups -OCH3 is 1. The molecule has 3 aromatic rings. The third-order valence-corrected chi connectivity index (χ3v) is 5.38. The molecule has 0 spiro atoms. The maximum atomic E-state index is 12.4. The monoisotopic (exact) mass is 366 g/mol. The molecule has 27 heavy (non-hydrogen) atoms. The molecular weight excluding hydrogens is 340 g/mol. The molecule has 0 unspecified atom stereocenters. The van der Waals surface area contributed by atoms with Crippen molar-refractivity contribution in [3.8, 4) is 5.75 Å². The van der Waals surface area contributed by atoms with Crippen LogP contribution in [0.25, 0.3) is 5.65 Å². The number of likely N-dealkylation sites (tertiary alicyclic amines) is 1. The molecular formula is C21H26N4O2. The van der Waals surface area contributed by atoms with Crippen molar-refractivity contribution in [2.45, 2.75) is 45.2 Å². The van der Waals surface area contributed by atoms with E-state index in [0.717, 1.165) is 43.1 Å². The normalized spacial score (nSPS) is 18.1. The molecule has 0 amide bonds. The van der Waals surface area contributed by atoms with E-state index >= 15 is 0 Å². The molecule has 142 valence electrons. The molecule has 0 saturated carbocycles. The number of nitrogens with one attached hydrogen (secondary N) is 1. The van der Waals surface area contributed by atoms with Gasteiger partial charge in [-0.1, -0.05) is 25.5 Å². The summed E-state index contributed by atoms with van der Waals surface area (Å²) in [5, 5.41) is 3.30. The maximum absolute atomic E-state index is 12.4. The highest BCUT2D eigenvalue weighted by Crippen LogP contribution is 2.32. The fourth-order valence-electron chi connectivity index (χ4n) is 3.95. The predicted octanol–water partition coefficient (Wildman–Crippen LogP) is 3.32. The Balaban J connectivity index is 1.65. The summed E-state index contributed by atoms with van der Waals surface area (Å²) in [4.78, 5) is 19.4. The first kappa shape index (κ1) is 17.8. The molecule has 1 saturated heterocycles. The highest BCUT2D eigenvalue weighted by atomic mass is 16.5. The SMILES string of the molecule is CCc1cc(=O)n2[nH]c([C@@H]3CCCCN3Cc3cccc(OC)c3)cc2n1. The molecule has 3 heterocycles. The van der Waals surface area contributed by atoms with E-state index in [1.54, 1.807) is 17.7 Å². The molecule has 1 aromatic carbocycles. The van der Waals surface area contributed by atoms with Crippen LogP contribution in [0.1, 0.15) is 49.2 Å². The molecule has 1 aliphatic rings. The fourth-order valence-corrected chi connectivity index (χ4v) is 3.95. The number of fused-ring (bicyclic) bond motifs is 1. The minimum atomic E-state index is -0.0433. The van der Waals surface area contributed by atoms with Crippen molar-refractivity contribution in [2.75, 3.05) is 13.7 Å². The van der Waals surface area contributed by atoms with E-state index in [9.17, 15) is 4.79 Å². The number of aryl methyl sites for hydroxylation is 1. The van der Waals surface area contributed by atoms with Gasteiger partial charge in [-0.15, -0.1) is 0 Å². The van der Waals surface area contributed by atoms with Crippen molar-refractivity contribution >= 4 is 5.65 Å². The third-order valence-electron chi connectivity index (χ3n) is 5.38. The molecule has 0 radical (unpaired) electrons. The van der Waals surface area contributed by atoms with Crippen molar-refractivity contribution in [1.82, 2.24) is 19.5 Å². The Kier molecular flexibility index (Phi) is 4.99. The van der Waals surface area contributed by atoms with E-state index in [-0.39, 0.29) is 11.6 Å². The van der Waals surface area contributed by atoms with Gasteiger partial charge in [-0.2, -0.15) is 0 Å². The lowest BCUT2D eigenvalue weighted by Gasteiger charge is -2.35. The van der Waals surface area contributed by atoms with Gasteiger partial charge < -0.3 is 4.74 Å². The molecule has 2 aromatic heterocycles. The van der Waals surface area contributed by atoms with Gasteiger partial charge in [0.05, 0.1) is 18.8 Å². The lowest BCUT2D eigenvalue weighted by Crippen LogP contribution is -2.33. The second kappa shape index (κ2) is 7.56. The van der Waals surface area contributed by atoms with Crippen molar-refractivity contribution < 1.29 is 4.74 Å². The summed E-state index contributed by atoms with van der Waals surface area (Å²) in [6.45, 7) is 3.92. The maximum Gasteiger partial charge on any atom is 0.272 e. The number of piperidine rings is 1. The summed E-state index contributed by atoms with van der Waals surface area (Å²) in [6, 6.07) is 12.1. The summed E-state index contributed by atoms with van der Waals surface area (Å²) in [5.74, 6) is 0.884. The Bertz CT molecular complexity index is 991. The Morgan fingerprint density at radius 1 is 1.26 bits per heavy atom. The number of nitrogens with zero attached hydrogens (tertiary/aromatic N) is 3. The molecule has 4 rings (SSSR count). The van der Waals surface area contributed by atoms with Gasteiger partial charge in [0.2, 0.25) is 0 Å². The number of hydrogen-bond acceptors (Lipinski definition) is 4. The van der Waals surface area contributed by atoms with Gasteiger partial charge in [0.1, 0.15) is 5.75 Å². The van der Waals surface area contributed by atoms with Crippen molar-refractivity contribution in [3.63, 3.8) is 0 Å². The first-order chi connectivity index (χ1) is 13.2. The molecule has 1 fully saturated rings. The van der Waals surface area contributed by atoms with Crippen LogP contribution in [0.2, 0.25) is 0 Å². The quantitative estimate of drug-likeness (QED) is 0.752. The lowest BCUT2D eigenvalue weighted by molar-refractivity contribution is 0.137. The number of H-pyrrole nitrogens is 1. The van der Waals surface area contributed by atoms with Crippen LogP contribution in [0.3, 0.4) is 0 Å². The van der Waals surface area contributed by atoms with Crippen molar-refractivity contribution in [3.05, 3.63) is 63.7 Å². The minimum absolute atomic E-state index is 0.0433.